The number of hydrogen-bond donors (Lipinski definition) is 1. The second kappa shape index (κ2) is 8.69. The smallest absolute Gasteiger partial charge is 0.243 e. The van der Waals surface area contributed by atoms with Crippen LogP contribution in [0.1, 0.15) is 31.7 Å². The van der Waals surface area contributed by atoms with Crippen LogP contribution in [0.5, 0.6) is 0 Å². The second-order valence-electron chi connectivity index (χ2n) is 6.08. The molecular formula is C18H25FN2O. The number of likely N-dealkylation sites (tertiary alicyclic amines) is 1. The number of carbonyl (C=O) groups is 1. The third-order valence-electron chi connectivity index (χ3n) is 3.97. The van der Waals surface area contributed by atoms with E-state index in [1.165, 1.54) is 44.1 Å². The van der Waals surface area contributed by atoms with Crippen molar-refractivity contribution in [1.82, 2.24) is 10.2 Å². The molecule has 1 fully saturated rings. The fourth-order valence-electron chi connectivity index (χ4n) is 2.85. The van der Waals surface area contributed by atoms with Crippen molar-refractivity contribution in [3.05, 3.63) is 41.7 Å². The summed E-state index contributed by atoms with van der Waals surface area (Å²) in [5.74, 6) is 0.368. The van der Waals surface area contributed by atoms with E-state index in [2.05, 4.69) is 17.1 Å². The molecule has 1 saturated heterocycles. The third-order valence-corrected chi connectivity index (χ3v) is 3.97. The lowest BCUT2D eigenvalue weighted by molar-refractivity contribution is -0.116. The van der Waals surface area contributed by atoms with Crippen LogP contribution < -0.4 is 5.32 Å². The van der Waals surface area contributed by atoms with E-state index < -0.39 is 0 Å². The van der Waals surface area contributed by atoms with Crippen molar-refractivity contribution in [3.8, 4) is 0 Å². The molecule has 1 N–H and O–H groups in total. The van der Waals surface area contributed by atoms with Crippen LogP contribution in [0.15, 0.2) is 30.3 Å². The van der Waals surface area contributed by atoms with E-state index in [0.29, 0.717) is 12.1 Å². The van der Waals surface area contributed by atoms with Gasteiger partial charge in [0.05, 0.1) is 0 Å². The number of amides is 1. The maximum Gasteiger partial charge on any atom is 0.243 e. The summed E-state index contributed by atoms with van der Waals surface area (Å²) in [7, 11) is 0. The van der Waals surface area contributed by atoms with Crippen LogP contribution in [0.25, 0.3) is 6.08 Å². The zero-order valence-corrected chi connectivity index (χ0v) is 13.2. The fourth-order valence-corrected chi connectivity index (χ4v) is 2.85. The predicted octanol–water partition coefficient (Wildman–Crippen LogP) is 3.08. The van der Waals surface area contributed by atoms with Gasteiger partial charge < -0.3 is 10.2 Å². The molecule has 0 unspecified atom stereocenters. The molecule has 1 aromatic carbocycles. The predicted molar refractivity (Wildman–Crippen MR) is 87.9 cm³/mol. The van der Waals surface area contributed by atoms with Gasteiger partial charge in [-0.05, 0) is 62.0 Å². The van der Waals surface area contributed by atoms with Gasteiger partial charge in [-0.1, -0.05) is 19.1 Å². The molecule has 120 valence electrons. The Labute approximate surface area is 132 Å². The van der Waals surface area contributed by atoms with Crippen LogP contribution in [0, 0.1) is 11.7 Å². The van der Waals surface area contributed by atoms with Crippen LogP contribution >= 0.6 is 0 Å². The minimum Gasteiger partial charge on any atom is -0.353 e. The Morgan fingerprint density at radius 3 is 3.14 bits per heavy atom. The molecule has 1 aliphatic heterocycles. The Bertz CT molecular complexity index is 516. The SMILES string of the molecule is C[C@@H]1CCCN(CCCNC(=O)/C=C\c2cccc(F)c2)C1. The first-order valence-corrected chi connectivity index (χ1v) is 8.07. The van der Waals surface area contributed by atoms with Gasteiger partial charge >= 0.3 is 0 Å². The van der Waals surface area contributed by atoms with Gasteiger partial charge in [0.15, 0.2) is 0 Å². The summed E-state index contributed by atoms with van der Waals surface area (Å²) in [5, 5.41) is 2.87. The van der Waals surface area contributed by atoms with E-state index in [4.69, 9.17) is 0 Å². The highest BCUT2D eigenvalue weighted by atomic mass is 19.1. The van der Waals surface area contributed by atoms with Gasteiger partial charge in [0.2, 0.25) is 5.91 Å². The Kier molecular flexibility index (Phi) is 6.59. The third kappa shape index (κ3) is 5.98. The summed E-state index contributed by atoms with van der Waals surface area (Å²) in [6.45, 7) is 6.37. The Hall–Kier alpha value is -1.68. The number of rotatable bonds is 6. The van der Waals surface area contributed by atoms with Crippen LogP contribution in [0.3, 0.4) is 0 Å². The van der Waals surface area contributed by atoms with E-state index in [9.17, 15) is 9.18 Å². The van der Waals surface area contributed by atoms with Crippen molar-refractivity contribution in [1.29, 1.82) is 0 Å². The van der Waals surface area contributed by atoms with Gasteiger partial charge in [-0.3, -0.25) is 4.79 Å². The van der Waals surface area contributed by atoms with Crippen LogP contribution in [0.4, 0.5) is 4.39 Å². The molecule has 22 heavy (non-hydrogen) atoms. The minimum atomic E-state index is -0.293. The van der Waals surface area contributed by atoms with Crippen LogP contribution in [-0.4, -0.2) is 37.0 Å². The zero-order valence-electron chi connectivity index (χ0n) is 13.2. The van der Waals surface area contributed by atoms with E-state index in [-0.39, 0.29) is 11.7 Å². The number of nitrogens with zero attached hydrogens (tertiary/aromatic N) is 1. The van der Waals surface area contributed by atoms with Crippen molar-refractivity contribution >= 4 is 12.0 Å². The monoisotopic (exact) mass is 304 g/mol. The fraction of sp³-hybridized carbons (Fsp3) is 0.500. The van der Waals surface area contributed by atoms with Gasteiger partial charge in [0.1, 0.15) is 5.82 Å². The molecule has 0 aliphatic carbocycles. The highest BCUT2D eigenvalue weighted by Crippen LogP contribution is 2.15. The maximum atomic E-state index is 13.0. The van der Waals surface area contributed by atoms with Crippen molar-refractivity contribution in [2.45, 2.75) is 26.2 Å². The standard InChI is InChI=1S/C18H25FN2O/c1-15-5-3-11-21(14-15)12-4-10-20-18(22)9-8-16-6-2-7-17(19)13-16/h2,6-9,13,15H,3-5,10-12,14H2,1H3,(H,20,22)/b9-8-/t15-/m1/s1. The lowest BCUT2D eigenvalue weighted by Gasteiger charge is -2.30. The normalized spacial score (nSPS) is 19.5. The lowest BCUT2D eigenvalue weighted by Crippen LogP contribution is -2.36. The lowest BCUT2D eigenvalue weighted by atomic mass is 10.0. The molecule has 0 radical (unpaired) electrons. The minimum absolute atomic E-state index is 0.128. The largest absolute Gasteiger partial charge is 0.353 e. The first kappa shape index (κ1) is 16.7. The number of benzene rings is 1. The molecule has 1 aromatic rings. The molecule has 2 rings (SSSR count). The Balaban J connectivity index is 1.63. The number of piperidine rings is 1. The first-order valence-electron chi connectivity index (χ1n) is 8.07. The highest BCUT2D eigenvalue weighted by Gasteiger charge is 2.15. The summed E-state index contributed by atoms with van der Waals surface area (Å²) >= 11 is 0. The van der Waals surface area contributed by atoms with Gasteiger partial charge in [-0.2, -0.15) is 0 Å². The van der Waals surface area contributed by atoms with Crippen molar-refractivity contribution in [3.63, 3.8) is 0 Å². The molecule has 0 aromatic heterocycles. The summed E-state index contributed by atoms with van der Waals surface area (Å²) in [5.41, 5.74) is 0.692. The van der Waals surface area contributed by atoms with Gasteiger partial charge in [-0.15, -0.1) is 0 Å². The van der Waals surface area contributed by atoms with Crippen molar-refractivity contribution in [2.24, 2.45) is 5.92 Å². The summed E-state index contributed by atoms with van der Waals surface area (Å²) in [4.78, 5) is 14.2. The maximum absolute atomic E-state index is 13.0. The molecule has 0 spiro atoms. The van der Waals surface area contributed by atoms with E-state index in [0.717, 1.165) is 18.9 Å². The van der Waals surface area contributed by atoms with Crippen molar-refractivity contribution < 1.29 is 9.18 Å². The molecule has 0 saturated carbocycles. The van der Waals surface area contributed by atoms with Crippen LogP contribution in [-0.2, 0) is 4.79 Å². The molecule has 1 atom stereocenters. The van der Waals surface area contributed by atoms with E-state index in [1.54, 1.807) is 18.2 Å². The van der Waals surface area contributed by atoms with Crippen molar-refractivity contribution in [2.75, 3.05) is 26.2 Å². The van der Waals surface area contributed by atoms with Crippen LogP contribution in [0.2, 0.25) is 0 Å². The highest BCUT2D eigenvalue weighted by molar-refractivity contribution is 5.91. The average molecular weight is 304 g/mol. The molecule has 1 amide bonds. The van der Waals surface area contributed by atoms with Gasteiger partial charge in [0.25, 0.3) is 0 Å². The average Bonchev–Trinajstić information content (AvgIpc) is 2.50. The molecule has 4 heteroatoms. The summed E-state index contributed by atoms with van der Waals surface area (Å²) in [6.07, 6.45) is 6.66. The number of halogens is 1. The molecule has 1 aliphatic rings. The Morgan fingerprint density at radius 1 is 1.50 bits per heavy atom. The molecule has 3 nitrogen and oxygen atoms in total. The van der Waals surface area contributed by atoms with Gasteiger partial charge in [-0.25, -0.2) is 4.39 Å². The quantitative estimate of drug-likeness (QED) is 0.647. The number of hydrogen-bond acceptors (Lipinski definition) is 2. The molecule has 1 heterocycles. The second-order valence-corrected chi connectivity index (χ2v) is 6.08. The van der Waals surface area contributed by atoms with Gasteiger partial charge in [0, 0.05) is 19.2 Å². The number of carbonyl (C=O) groups excluding carboxylic acids is 1. The zero-order chi connectivity index (χ0) is 15.8. The summed E-state index contributed by atoms with van der Waals surface area (Å²) < 4.78 is 13.0. The summed E-state index contributed by atoms with van der Waals surface area (Å²) in [6, 6.07) is 6.19. The number of nitrogens with one attached hydrogen (secondary N) is 1. The topological polar surface area (TPSA) is 32.3 Å². The van der Waals surface area contributed by atoms with E-state index in [1.807, 2.05) is 0 Å². The van der Waals surface area contributed by atoms with E-state index >= 15 is 0 Å². The Morgan fingerprint density at radius 2 is 2.36 bits per heavy atom. The molecule has 0 bridgehead atoms. The first-order chi connectivity index (χ1) is 10.6. The molecular weight excluding hydrogens is 279 g/mol.